The van der Waals surface area contributed by atoms with Crippen molar-refractivity contribution in [1.82, 2.24) is 19.4 Å². The molecule has 0 N–H and O–H groups in total. The van der Waals surface area contributed by atoms with Crippen LogP contribution in [-0.4, -0.2) is 76.6 Å². The van der Waals surface area contributed by atoms with E-state index >= 15 is 0 Å². The number of hydrogen-bond acceptors (Lipinski definition) is 6. The molecule has 2 aliphatic rings. The lowest BCUT2D eigenvalue weighted by atomic mass is 10.2. The fourth-order valence-electron chi connectivity index (χ4n) is 4.63. The number of fused-ring (bicyclic) bond motifs is 1. The number of aromatic nitrogens is 2. The van der Waals surface area contributed by atoms with E-state index in [1.165, 1.54) is 39.3 Å². The summed E-state index contributed by atoms with van der Waals surface area (Å²) in [4.78, 5) is 49.4. The largest absolute Gasteiger partial charge is 0.368 e. The van der Waals surface area contributed by atoms with Gasteiger partial charge >= 0.3 is 0 Å². The van der Waals surface area contributed by atoms with Crippen molar-refractivity contribution in [2.24, 2.45) is 0 Å². The van der Waals surface area contributed by atoms with Gasteiger partial charge in [-0.25, -0.2) is 13.8 Å². The molecule has 1 aromatic carbocycles. The molecule has 184 valence electrons. The fraction of sp³-hybridized carbons (Fsp3) is 0.417. The Morgan fingerprint density at radius 2 is 1.80 bits per heavy atom. The van der Waals surface area contributed by atoms with Gasteiger partial charge in [-0.05, 0) is 43.2 Å². The summed E-state index contributed by atoms with van der Waals surface area (Å²) in [7, 11) is 0. The van der Waals surface area contributed by atoms with Gasteiger partial charge in [0.1, 0.15) is 23.4 Å². The van der Waals surface area contributed by atoms with Gasteiger partial charge in [0.25, 0.3) is 11.5 Å². The summed E-state index contributed by atoms with van der Waals surface area (Å²) in [5.41, 5.74) is 1.08. The molecule has 3 aromatic rings. The lowest BCUT2D eigenvalue weighted by Gasteiger charge is -2.36. The first kappa shape index (κ1) is 23.4. The van der Waals surface area contributed by atoms with Crippen LogP contribution in [0, 0.1) is 12.7 Å². The quantitative estimate of drug-likeness (QED) is 0.549. The first-order valence-electron chi connectivity index (χ1n) is 11.5. The van der Waals surface area contributed by atoms with Crippen molar-refractivity contribution in [3.8, 4) is 0 Å². The van der Waals surface area contributed by atoms with Crippen LogP contribution >= 0.6 is 11.3 Å². The minimum Gasteiger partial charge on any atom is -0.368 e. The lowest BCUT2D eigenvalue weighted by molar-refractivity contribution is -0.131. The van der Waals surface area contributed by atoms with Gasteiger partial charge in [-0.1, -0.05) is 0 Å². The second kappa shape index (κ2) is 9.37. The van der Waals surface area contributed by atoms with E-state index in [0.29, 0.717) is 59.8 Å². The van der Waals surface area contributed by atoms with Crippen LogP contribution in [0.3, 0.4) is 0 Å². The number of hydrogen-bond donors (Lipinski definition) is 0. The van der Waals surface area contributed by atoms with E-state index in [4.69, 9.17) is 0 Å². The number of amides is 2. The Morgan fingerprint density at radius 1 is 1.09 bits per heavy atom. The van der Waals surface area contributed by atoms with Crippen molar-refractivity contribution in [3.63, 3.8) is 0 Å². The van der Waals surface area contributed by atoms with Gasteiger partial charge in [-0.15, -0.1) is 11.3 Å². The van der Waals surface area contributed by atoms with E-state index in [0.717, 1.165) is 5.69 Å². The molecule has 0 saturated carbocycles. The fourth-order valence-corrected chi connectivity index (χ4v) is 5.74. The number of carbonyl (C=O) groups excluding carboxylic acids is 2. The number of halogens is 2. The summed E-state index contributed by atoms with van der Waals surface area (Å²) >= 11 is 1.18. The highest BCUT2D eigenvalue weighted by Gasteiger charge is 2.28. The zero-order valence-electron chi connectivity index (χ0n) is 19.2. The van der Waals surface area contributed by atoms with Gasteiger partial charge in [0.15, 0.2) is 0 Å². The number of thiophene rings is 1. The Labute approximate surface area is 204 Å². The predicted molar refractivity (Wildman–Crippen MR) is 129 cm³/mol. The molecule has 0 aliphatic carbocycles. The number of anilines is 1. The van der Waals surface area contributed by atoms with Crippen LogP contribution in [0.4, 0.5) is 14.5 Å². The molecule has 2 saturated heterocycles. The molecule has 2 aliphatic heterocycles. The second-order valence-electron chi connectivity index (χ2n) is 8.90. The van der Waals surface area contributed by atoms with E-state index in [2.05, 4.69) is 9.88 Å². The van der Waals surface area contributed by atoms with E-state index in [1.54, 1.807) is 24.0 Å². The first-order valence-corrected chi connectivity index (χ1v) is 12.3. The summed E-state index contributed by atoms with van der Waals surface area (Å²) in [6.45, 7) is 4.14. The maximum atomic E-state index is 13.4. The highest BCUT2D eigenvalue weighted by molar-refractivity contribution is 7.20. The summed E-state index contributed by atoms with van der Waals surface area (Å²) in [6, 6.07) is 6.29. The normalized spacial score (nSPS) is 18.5. The van der Waals surface area contributed by atoms with E-state index in [-0.39, 0.29) is 36.3 Å². The van der Waals surface area contributed by atoms with E-state index < -0.39 is 6.17 Å². The zero-order valence-corrected chi connectivity index (χ0v) is 20.1. The Hall–Kier alpha value is -3.34. The number of rotatable bonds is 4. The van der Waals surface area contributed by atoms with Crippen molar-refractivity contribution >= 4 is 39.1 Å². The van der Waals surface area contributed by atoms with Crippen LogP contribution in [0.2, 0.25) is 0 Å². The maximum absolute atomic E-state index is 13.4. The van der Waals surface area contributed by atoms with Gasteiger partial charge in [0, 0.05) is 38.4 Å². The van der Waals surface area contributed by atoms with E-state index in [9.17, 15) is 23.2 Å². The lowest BCUT2D eigenvalue weighted by Crippen LogP contribution is -2.48. The third-order valence-corrected chi connectivity index (χ3v) is 7.85. The molecule has 11 heteroatoms. The summed E-state index contributed by atoms with van der Waals surface area (Å²) < 4.78 is 27.9. The zero-order chi connectivity index (χ0) is 24.7. The molecule has 0 radical (unpaired) electrons. The number of aryl methyl sites for hydroxylation is 1. The molecular weight excluding hydrogens is 476 g/mol. The first-order chi connectivity index (χ1) is 16.8. The summed E-state index contributed by atoms with van der Waals surface area (Å²) in [5, 5.41) is 0.336. The van der Waals surface area contributed by atoms with Gasteiger partial charge in [-0.3, -0.25) is 19.0 Å². The molecular formula is C24H25F2N5O3S. The highest BCUT2D eigenvalue weighted by atomic mass is 32.1. The molecule has 2 fully saturated rings. The number of carbonyl (C=O) groups is 2. The summed E-state index contributed by atoms with van der Waals surface area (Å²) in [6.07, 6.45) is 0.601. The van der Waals surface area contributed by atoms with Gasteiger partial charge < -0.3 is 14.7 Å². The molecule has 1 atom stereocenters. The van der Waals surface area contributed by atoms with Crippen molar-refractivity contribution in [2.75, 3.05) is 44.2 Å². The summed E-state index contributed by atoms with van der Waals surface area (Å²) in [5.74, 6) is -0.766. The number of alkyl halides is 1. The van der Waals surface area contributed by atoms with Crippen LogP contribution < -0.4 is 10.5 Å². The number of likely N-dealkylation sites (tertiary alicyclic amines) is 1. The average molecular weight is 502 g/mol. The molecule has 2 aromatic heterocycles. The Kier molecular flexibility index (Phi) is 6.26. The molecule has 1 unspecified atom stereocenters. The van der Waals surface area contributed by atoms with E-state index in [1.807, 2.05) is 0 Å². The minimum atomic E-state index is -1.03. The number of piperazine rings is 1. The highest BCUT2D eigenvalue weighted by Crippen LogP contribution is 2.29. The SMILES string of the molecule is Cc1c(C(=O)N2CCN(c3ccc(F)cc3)CC2)sc2ncn(CC(=O)N3CCC(F)C3)c(=O)c12. The van der Waals surface area contributed by atoms with Gasteiger partial charge in [0.2, 0.25) is 5.91 Å². The van der Waals surface area contributed by atoms with Crippen molar-refractivity contribution in [3.05, 3.63) is 57.2 Å². The Bertz CT molecular complexity index is 1330. The van der Waals surface area contributed by atoms with Gasteiger partial charge in [0.05, 0.1) is 23.1 Å². The monoisotopic (exact) mass is 501 g/mol. The topological polar surface area (TPSA) is 78.8 Å². The molecule has 0 bridgehead atoms. The smallest absolute Gasteiger partial charge is 0.264 e. The predicted octanol–water partition coefficient (Wildman–Crippen LogP) is 2.44. The van der Waals surface area contributed by atoms with Crippen molar-refractivity contribution in [2.45, 2.75) is 26.1 Å². The Morgan fingerprint density at radius 3 is 2.46 bits per heavy atom. The van der Waals surface area contributed by atoms with Crippen molar-refractivity contribution < 1.29 is 18.4 Å². The molecule has 0 spiro atoms. The molecule has 4 heterocycles. The standard InChI is InChI=1S/C24H25F2N5O3S/c1-15-20-22(27-14-31(23(20)33)13-19(32)30-7-6-17(26)12-30)35-21(15)24(34)29-10-8-28(9-11-29)18-4-2-16(25)3-5-18/h2-5,14,17H,6-13H2,1H3. The number of benzene rings is 1. The van der Waals surface area contributed by atoms with Crippen molar-refractivity contribution in [1.29, 1.82) is 0 Å². The van der Waals surface area contributed by atoms with Crippen LogP contribution in [0.1, 0.15) is 21.7 Å². The third kappa shape index (κ3) is 4.52. The second-order valence-corrected chi connectivity index (χ2v) is 9.89. The van der Waals surface area contributed by atoms with Crippen LogP contribution in [0.5, 0.6) is 0 Å². The van der Waals surface area contributed by atoms with Crippen LogP contribution in [0.15, 0.2) is 35.4 Å². The van der Waals surface area contributed by atoms with Crippen LogP contribution in [0.25, 0.3) is 10.2 Å². The average Bonchev–Trinajstić information content (AvgIpc) is 3.44. The molecule has 2 amide bonds. The van der Waals surface area contributed by atoms with Crippen LogP contribution in [-0.2, 0) is 11.3 Å². The van der Waals surface area contributed by atoms with Gasteiger partial charge in [-0.2, -0.15) is 0 Å². The maximum Gasteiger partial charge on any atom is 0.264 e. The third-order valence-electron chi connectivity index (χ3n) is 6.66. The Balaban J connectivity index is 1.31. The molecule has 35 heavy (non-hydrogen) atoms. The molecule has 5 rings (SSSR count). The minimum absolute atomic E-state index is 0.0494. The molecule has 8 nitrogen and oxygen atoms in total. The number of nitrogens with zero attached hydrogens (tertiary/aromatic N) is 5.